The molecule has 268 valence electrons. The summed E-state index contributed by atoms with van der Waals surface area (Å²) in [5, 5.41) is 4.45. The molecule has 9 aromatic carbocycles. The molecule has 0 aliphatic rings. The van der Waals surface area contributed by atoms with Crippen LogP contribution < -0.4 is 4.90 Å². The van der Waals surface area contributed by atoms with E-state index in [0.29, 0.717) is 0 Å². The Bertz CT molecular complexity index is 3230. The van der Waals surface area contributed by atoms with Gasteiger partial charge in [0.25, 0.3) is 0 Å². The summed E-state index contributed by atoms with van der Waals surface area (Å²) >= 11 is 0. The van der Waals surface area contributed by atoms with Crippen molar-refractivity contribution in [1.29, 1.82) is 0 Å². The molecule has 3 heteroatoms. The number of hydrogen-bond donors (Lipinski definition) is 0. The molecule has 0 bridgehead atoms. The summed E-state index contributed by atoms with van der Waals surface area (Å²) in [5.41, 5.74) is 15.7. The van der Waals surface area contributed by atoms with E-state index in [1.807, 2.05) is 24.3 Å². The van der Waals surface area contributed by atoms with Crippen LogP contribution in [0.2, 0.25) is 0 Å². The smallest absolute Gasteiger partial charge is 0.143 e. The molecule has 11 rings (SSSR count). The fourth-order valence-corrected chi connectivity index (χ4v) is 8.48. The topological polar surface area (TPSA) is 29.5 Å². The number of furan rings is 2. The monoisotopic (exact) mass is 729 g/mol. The van der Waals surface area contributed by atoms with E-state index in [0.717, 1.165) is 94.3 Å². The summed E-state index contributed by atoms with van der Waals surface area (Å²) in [6.07, 6.45) is 0. The van der Waals surface area contributed by atoms with Crippen LogP contribution in [0.15, 0.2) is 221 Å². The minimum absolute atomic E-state index is 0.845. The lowest BCUT2D eigenvalue weighted by molar-refractivity contribution is 0.669. The molecule has 0 amide bonds. The molecule has 0 saturated carbocycles. The van der Waals surface area contributed by atoms with Crippen LogP contribution >= 0.6 is 0 Å². The number of anilines is 3. The first-order chi connectivity index (χ1) is 28.3. The summed E-state index contributed by atoms with van der Waals surface area (Å²) in [4.78, 5) is 2.38. The van der Waals surface area contributed by atoms with Gasteiger partial charge in [0.1, 0.15) is 22.3 Å². The van der Waals surface area contributed by atoms with Crippen LogP contribution in [0.4, 0.5) is 17.1 Å². The molecule has 0 aliphatic carbocycles. The van der Waals surface area contributed by atoms with Crippen molar-refractivity contribution < 1.29 is 8.83 Å². The minimum Gasteiger partial charge on any atom is -0.456 e. The summed E-state index contributed by atoms with van der Waals surface area (Å²) in [7, 11) is 0. The molecule has 0 fully saturated rings. The van der Waals surface area contributed by atoms with Gasteiger partial charge in [0.2, 0.25) is 0 Å². The van der Waals surface area contributed by atoms with Crippen LogP contribution in [0, 0.1) is 0 Å². The summed E-state index contributed by atoms with van der Waals surface area (Å²) in [6.45, 7) is 0. The minimum atomic E-state index is 0.845. The number of rotatable bonds is 7. The Balaban J connectivity index is 1.16. The first-order valence-electron chi connectivity index (χ1n) is 19.3. The lowest BCUT2D eigenvalue weighted by Gasteiger charge is -2.30. The third-order valence-corrected chi connectivity index (χ3v) is 11.1. The van der Waals surface area contributed by atoms with Gasteiger partial charge in [-0.25, -0.2) is 0 Å². The SMILES string of the molecule is c1ccc(-c2ccccc2-c2c(-c3ccccc3)cccc2N(c2ccc(-c3cccc4c3oc3ccccc34)cc2)c2ccc3c(c2)oc2ccccc23)cc1. The van der Waals surface area contributed by atoms with Crippen molar-refractivity contribution in [3.8, 4) is 44.5 Å². The molecule has 11 aromatic rings. The first-order valence-corrected chi connectivity index (χ1v) is 19.3. The zero-order chi connectivity index (χ0) is 37.7. The van der Waals surface area contributed by atoms with Crippen LogP contribution in [0.25, 0.3) is 88.4 Å². The van der Waals surface area contributed by atoms with Crippen LogP contribution in [0.5, 0.6) is 0 Å². The zero-order valence-corrected chi connectivity index (χ0v) is 31.0. The number of nitrogens with zero attached hydrogens (tertiary/aromatic N) is 1. The Morgan fingerprint density at radius 1 is 0.298 bits per heavy atom. The van der Waals surface area contributed by atoms with Gasteiger partial charge in [-0.1, -0.05) is 164 Å². The van der Waals surface area contributed by atoms with Gasteiger partial charge in [0.05, 0.1) is 5.69 Å². The Morgan fingerprint density at radius 3 is 1.56 bits per heavy atom. The predicted molar refractivity (Wildman–Crippen MR) is 237 cm³/mol. The highest BCUT2D eigenvalue weighted by atomic mass is 16.3. The van der Waals surface area contributed by atoms with Crippen molar-refractivity contribution in [1.82, 2.24) is 0 Å². The van der Waals surface area contributed by atoms with E-state index in [-0.39, 0.29) is 0 Å². The molecular formula is C54H35NO2. The molecule has 57 heavy (non-hydrogen) atoms. The molecule has 0 aliphatic heterocycles. The molecule has 0 atom stereocenters. The van der Waals surface area contributed by atoms with Gasteiger partial charge in [0.15, 0.2) is 0 Å². The molecule has 0 unspecified atom stereocenters. The number of para-hydroxylation sites is 3. The average molecular weight is 730 g/mol. The van der Waals surface area contributed by atoms with Crippen molar-refractivity contribution in [2.75, 3.05) is 4.90 Å². The maximum atomic E-state index is 6.51. The second-order valence-corrected chi connectivity index (χ2v) is 14.4. The molecule has 2 aromatic heterocycles. The fourth-order valence-electron chi connectivity index (χ4n) is 8.48. The van der Waals surface area contributed by atoms with Crippen LogP contribution in [0.1, 0.15) is 0 Å². The Kier molecular flexibility index (Phi) is 7.82. The summed E-state index contributed by atoms with van der Waals surface area (Å²) < 4.78 is 13.0. The van der Waals surface area contributed by atoms with Crippen molar-refractivity contribution >= 4 is 60.9 Å². The third kappa shape index (κ3) is 5.60. The van der Waals surface area contributed by atoms with Crippen LogP contribution in [-0.4, -0.2) is 0 Å². The van der Waals surface area contributed by atoms with E-state index in [1.54, 1.807) is 0 Å². The zero-order valence-electron chi connectivity index (χ0n) is 31.0. The fraction of sp³-hybridized carbons (Fsp3) is 0. The molecule has 0 spiro atoms. The number of benzene rings is 9. The van der Waals surface area contributed by atoms with E-state index in [9.17, 15) is 0 Å². The lowest BCUT2D eigenvalue weighted by atomic mass is 9.87. The third-order valence-electron chi connectivity index (χ3n) is 11.1. The highest BCUT2D eigenvalue weighted by molar-refractivity contribution is 6.10. The van der Waals surface area contributed by atoms with Crippen molar-refractivity contribution in [3.63, 3.8) is 0 Å². The van der Waals surface area contributed by atoms with E-state index < -0.39 is 0 Å². The quantitative estimate of drug-likeness (QED) is 0.164. The van der Waals surface area contributed by atoms with Gasteiger partial charge in [-0.3, -0.25) is 0 Å². The molecule has 0 saturated heterocycles. The van der Waals surface area contributed by atoms with Crippen molar-refractivity contribution in [3.05, 3.63) is 212 Å². The highest BCUT2D eigenvalue weighted by Crippen LogP contribution is 2.49. The normalized spacial score (nSPS) is 11.5. The Morgan fingerprint density at radius 2 is 0.807 bits per heavy atom. The van der Waals surface area contributed by atoms with E-state index in [1.165, 1.54) is 11.1 Å². The van der Waals surface area contributed by atoms with Crippen molar-refractivity contribution in [2.45, 2.75) is 0 Å². The lowest BCUT2D eigenvalue weighted by Crippen LogP contribution is -2.12. The predicted octanol–water partition coefficient (Wildman–Crippen LogP) is 15.6. The largest absolute Gasteiger partial charge is 0.456 e. The maximum Gasteiger partial charge on any atom is 0.143 e. The first kappa shape index (κ1) is 32.8. The number of fused-ring (bicyclic) bond motifs is 6. The van der Waals surface area contributed by atoms with Gasteiger partial charge in [-0.15, -0.1) is 0 Å². The standard InChI is InChI=1S/C54H35NO2/c1-3-15-36(16-4-1)41-19-7-8-22-47(41)53-42(37-17-5-2-6-18-37)23-14-26-49(53)55(40-33-34-46-44-20-9-11-27-50(44)56-52(46)35-40)39-31-29-38(30-32-39)43-24-13-25-48-45-21-10-12-28-51(45)57-54(43)48/h1-35H. The van der Waals surface area contributed by atoms with Gasteiger partial charge in [-0.2, -0.15) is 0 Å². The molecule has 2 heterocycles. The maximum absolute atomic E-state index is 6.51. The van der Waals surface area contributed by atoms with Crippen LogP contribution in [0.3, 0.4) is 0 Å². The number of hydrogen-bond acceptors (Lipinski definition) is 3. The second-order valence-electron chi connectivity index (χ2n) is 14.4. The summed E-state index contributed by atoms with van der Waals surface area (Å²) in [6, 6.07) is 75.2. The van der Waals surface area contributed by atoms with Gasteiger partial charge >= 0.3 is 0 Å². The average Bonchev–Trinajstić information content (AvgIpc) is 3.86. The Labute approximate surface area is 330 Å². The van der Waals surface area contributed by atoms with Crippen LogP contribution in [-0.2, 0) is 0 Å². The van der Waals surface area contributed by atoms with E-state index in [2.05, 4.69) is 193 Å². The van der Waals surface area contributed by atoms with Gasteiger partial charge in [0, 0.05) is 50.1 Å². The van der Waals surface area contributed by atoms with Gasteiger partial charge < -0.3 is 13.7 Å². The second kappa shape index (κ2) is 13.6. The molecule has 0 N–H and O–H groups in total. The van der Waals surface area contributed by atoms with E-state index >= 15 is 0 Å². The Hall–Kier alpha value is -7.62. The molecule has 3 nitrogen and oxygen atoms in total. The molecular weight excluding hydrogens is 695 g/mol. The van der Waals surface area contributed by atoms with E-state index in [4.69, 9.17) is 8.83 Å². The highest BCUT2D eigenvalue weighted by Gasteiger charge is 2.24. The summed E-state index contributed by atoms with van der Waals surface area (Å²) in [5.74, 6) is 0. The van der Waals surface area contributed by atoms with Gasteiger partial charge in [-0.05, 0) is 75.8 Å². The van der Waals surface area contributed by atoms with Crippen molar-refractivity contribution in [2.24, 2.45) is 0 Å². The molecule has 0 radical (unpaired) electrons.